The molecule has 0 aromatic heterocycles. The molecule has 0 saturated carbocycles. The molecule has 0 spiro atoms. The van der Waals surface area contributed by atoms with Crippen molar-refractivity contribution in [3.05, 3.63) is 0 Å². The molecule has 0 aliphatic carbocycles. The van der Waals surface area contributed by atoms with Crippen molar-refractivity contribution in [2.24, 2.45) is 5.92 Å². The first kappa shape index (κ1) is 14.9. The van der Waals surface area contributed by atoms with E-state index in [9.17, 15) is 9.59 Å². The van der Waals surface area contributed by atoms with Crippen LogP contribution in [-0.2, 0) is 9.59 Å². The van der Waals surface area contributed by atoms with Crippen molar-refractivity contribution in [2.75, 3.05) is 6.54 Å². The monoisotopic (exact) mass is 230 g/mol. The maximum absolute atomic E-state index is 11.4. The fourth-order valence-corrected chi connectivity index (χ4v) is 1.42. The fraction of sp³-hybridized carbons (Fsp3) is 0.818. The van der Waals surface area contributed by atoms with Crippen LogP contribution in [0.15, 0.2) is 0 Å². The van der Waals surface area contributed by atoms with Crippen molar-refractivity contribution in [3.8, 4) is 0 Å². The Balaban J connectivity index is 4.28. The summed E-state index contributed by atoms with van der Waals surface area (Å²) < 4.78 is 0. The molecule has 0 aliphatic heterocycles. The Hall–Kier alpha value is -1.10. The lowest BCUT2D eigenvalue weighted by atomic mass is 10.0. The quantitative estimate of drug-likeness (QED) is 0.598. The topological polar surface area (TPSA) is 78.4 Å². The van der Waals surface area contributed by atoms with Gasteiger partial charge >= 0.3 is 5.97 Å². The molecule has 2 unspecified atom stereocenters. The Bertz CT molecular complexity index is 241. The molecule has 0 radical (unpaired) electrons. The average Bonchev–Trinajstić information content (AvgIpc) is 2.16. The molecular weight excluding hydrogens is 208 g/mol. The van der Waals surface area contributed by atoms with Gasteiger partial charge in [-0.2, -0.15) is 0 Å². The number of carbonyl (C=O) groups excluding carboxylic acids is 1. The molecule has 0 fully saturated rings. The van der Waals surface area contributed by atoms with Crippen LogP contribution in [0.25, 0.3) is 0 Å². The molecule has 0 aromatic carbocycles. The summed E-state index contributed by atoms with van der Waals surface area (Å²) in [6, 6.07) is -1.16. The Morgan fingerprint density at radius 1 is 1.25 bits per heavy atom. The van der Waals surface area contributed by atoms with Gasteiger partial charge in [-0.05, 0) is 26.2 Å². The molecule has 94 valence electrons. The van der Waals surface area contributed by atoms with E-state index in [1.54, 1.807) is 6.92 Å². The first-order valence-electron chi connectivity index (χ1n) is 5.65. The first-order valence-corrected chi connectivity index (χ1v) is 5.65. The van der Waals surface area contributed by atoms with Gasteiger partial charge in [0, 0.05) is 6.54 Å². The number of aliphatic carboxylic acids is 1. The van der Waals surface area contributed by atoms with Crippen LogP contribution < -0.4 is 10.6 Å². The third kappa shape index (κ3) is 5.70. The second kappa shape index (κ2) is 7.22. The van der Waals surface area contributed by atoms with E-state index in [2.05, 4.69) is 10.6 Å². The second-order valence-corrected chi connectivity index (χ2v) is 4.30. The molecule has 1 amide bonds. The predicted molar refractivity (Wildman–Crippen MR) is 62.2 cm³/mol. The highest BCUT2D eigenvalue weighted by Gasteiger charge is 2.23. The molecule has 5 heteroatoms. The molecule has 0 aromatic rings. The van der Waals surface area contributed by atoms with Crippen molar-refractivity contribution in [1.29, 1.82) is 0 Å². The highest BCUT2D eigenvalue weighted by molar-refractivity contribution is 5.82. The zero-order chi connectivity index (χ0) is 12.7. The number of hydrogen-bond donors (Lipinski definition) is 3. The zero-order valence-corrected chi connectivity index (χ0v) is 10.4. The minimum Gasteiger partial charge on any atom is -0.480 e. The third-order valence-electron chi connectivity index (χ3n) is 2.20. The average molecular weight is 230 g/mol. The number of nitrogens with one attached hydrogen (secondary N) is 2. The van der Waals surface area contributed by atoms with Crippen molar-refractivity contribution in [3.63, 3.8) is 0 Å². The molecule has 0 saturated heterocycles. The van der Waals surface area contributed by atoms with Crippen molar-refractivity contribution < 1.29 is 14.7 Å². The van der Waals surface area contributed by atoms with Gasteiger partial charge in [0.15, 0.2) is 0 Å². The second-order valence-electron chi connectivity index (χ2n) is 4.30. The summed E-state index contributed by atoms with van der Waals surface area (Å²) in [5.74, 6) is -0.808. The van der Waals surface area contributed by atoms with Gasteiger partial charge in [0.25, 0.3) is 0 Å². The summed E-state index contributed by atoms with van der Waals surface area (Å²) in [5.41, 5.74) is 0. The van der Waals surface area contributed by atoms with Crippen LogP contribution in [0.1, 0.15) is 34.1 Å². The number of rotatable bonds is 7. The van der Waals surface area contributed by atoms with E-state index in [0.717, 1.165) is 0 Å². The number of hydrogen-bond acceptors (Lipinski definition) is 3. The lowest BCUT2D eigenvalue weighted by Gasteiger charge is -2.20. The van der Waals surface area contributed by atoms with Crippen LogP contribution in [0.5, 0.6) is 0 Å². The van der Waals surface area contributed by atoms with Crippen LogP contribution in [0.2, 0.25) is 0 Å². The highest BCUT2D eigenvalue weighted by atomic mass is 16.4. The summed E-state index contributed by atoms with van der Waals surface area (Å²) in [7, 11) is 0. The van der Waals surface area contributed by atoms with E-state index in [1.165, 1.54) is 0 Å². The Morgan fingerprint density at radius 2 is 1.81 bits per heavy atom. The molecule has 16 heavy (non-hydrogen) atoms. The first-order chi connectivity index (χ1) is 7.38. The maximum atomic E-state index is 11.4. The van der Waals surface area contributed by atoms with E-state index in [4.69, 9.17) is 5.11 Å². The van der Waals surface area contributed by atoms with Crippen molar-refractivity contribution in [1.82, 2.24) is 10.6 Å². The number of carboxylic acids is 1. The van der Waals surface area contributed by atoms with Gasteiger partial charge in [-0.3, -0.25) is 14.9 Å². The van der Waals surface area contributed by atoms with Crippen molar-refractivity contribution >= 4 is 11.9 Å². The normalized spacial score (nSPS) is 14.6. The van der Waals surface area contributed by atoms with Gasteiger partial charge < -0.3 is 10.4 Å². The molecule has 0 rings (SSSR count). The van der Waals surface area contributed by atoms with Crippen LogP contribution in [0.3, 0.4) is 0 Å². The molecule has 2 atom stereocenters. The molecule has 0 heterocycles. The van der Waals surface area contributed by atoms with Gasteiger partial charge in [-0.15, -0.1) is 0 Å². The van der Waals surface area contributed by atoms with E-state index >= 15 is 0 Å². The van der Waals surface area contributed by atoms with Crippen LogP contribution >= 0.6 is 0 Å². The van der Waals surface area contributed by atoms with Gasteiger partial charge in [0.2, 0.25) is 5.91 Å². The van der Waals surface area contributed by atoms with Gasteiger partial charge in [0.05, 0.1) is 6.04 Å². The fourth-order valence-electron chi connectivity index (χ4n) is 1.42. The van der Waals surface area contributed by atoms with Gasteiger partial charge in [-0.25, -0.2) is 0 Å². The van der Waals surface area contributed by atoms with Crippen LogP contribution in [-0.4, -0.2) is 35.6 Å². The van der Waals surface area contributed by atoms with E-state index in [1.807, 2.05) is 20.8 Å². The largest absolute Gasteiger partial charge is 0.480 e. The number of carbonyl (C=O) groups is 2. The Labute approximate surface area is 96.6 Å². The van der Waals surface area contributed by atoms with E-state index < -0.39 is 18.1 Å². The summed E-state index contributed by atoms with van der Waals surface area (Å²) >= 11 is 0. The summed E-state index contributed by atoms with van der Waals surface area (Å²) in [5, 5.41) is 14.5. The zero-order valence-electron chi connectivity index (χ0n) is 10.4. The smallest absolute Gasteiger partial charge is 0.320 e. The predicted octanol–water partition coefficient (Wildman–Crippen LogP) is 0.600. The van der Waals surface area contributed by atoms with Crippen molar-refractivity contribution in [2.45, 2.75) is 46.2 Å². The van der Waals surface area contributed by atoms with Gasteiger partial charge in [0.1, 0.15) is 6.04 Å². The summed E-state index contributed by atoms with van der Waals surface area (Å²) in [4.78, 5) is 22.4. The number of amides is 1. The maximum Gasteiger partial charge on any atom is 0.320 e. The number of likely N-dealkylation sites (N-methyl/N-ethyl adjacent to an activating group) is 1. The molecule has 5 nitrogen and oxygen atoms in total. The molecular formula is C11H22N2O3. The minimum absolute atomic E-state index is 0.169. The minimum atomic E-state index is -0.912. The lowest BCUT2D eigenvalue weighted by molar-refractivity contribution is -0.140. The third-order valence-corrected chi connectivity index (χ3v) is 2.20. The van der Waals surface area contributed by atoms with E-state index in [0.29, 0.717) is 13.0 Å². The Morgan fingerprint density at radius 3 is 2.19 bits per heavy atom. The lowest BCUT2D eigenvalue weighted by Crippen LogP contribution is -2.49. The Kier molecular flexibility index (Phi) is 6.72. The standard InChI is InChI=1S/C11H22N2O3/c1-5-12-10(14)8(4)13-9(11(15)16)6-7(2)3/h7-9,13H,5-6H2,1-4H3,(H,12,14)(H,15,16). The number of carboxylic acid groups (broad SMARTS) is 1. The van der Waals surface area contributed by atoms with Crippen LogP contribution in [0.4, 0.5) is 0 Å². The summed E-state index contributed by atoms with van der Waals surface area (Å²) in [6.07, 6.45) is 0.513. The van der Waals surface area contributed by atoms with Crippen LogP contribution in [0, 0.1) is 5.92 Å². The molecule has 0 aliphatic rings. The molecule has 3 N–H and O–H groups in total. The van der Waals surface area contributed by atoms with E-state index in [-0.39, 0.29) is 11.8 Å². The summed E-state index contributed by atoms with van der Waals surface area (Å²) in [6.45, 7) is 7.95. The highest BCUT2D eigenvalue weighted by Crippen LogP contribution is 2.05. The molecule has 0 bridgehead atoms. The SMILES string of the molecule is CCNC(=O)C(C)NC(CC(C)C)C(=O)O. The van der Waals surface area contributed by atoms with Gasteiger partial charge in [-0.1, -0.05) is 13.8 Å².